The minimum absolute atomic E-state index is 0. The highest BCUT2D eigenvalue weighted by atomic mass is 35.5. The molecule has 0 aromatic heterocycles. The molecule has 21 heavy (non-hydrogen) atoms. The van der Waals surface area contributed by atoms with Crippen LogP contribution in [0.2, 0.25) is 0 Å². The highest BCUT2D eigenvalue weighted by molar-refractivity contribution is 7.89. The van der Waals surface area contributed by atoms with Crippen molar-refractivity contribution in [3.63, 3.8) is 0 Å². The second kappa shape index (κ2) is 7.74. The fourth-order valence-corrected chi connectivity index (χ4v) is 2.95. The van der Waals surface area contributed by atoms with Crippen LogP contribution >= 0.6 is 12.4 Å². The predicted octanol–water partition coefficient (Wildman–Crippen LogP) is 0.955. The molecule has 3 N–H and O–H groups in total. The van der Waals surface area contributed by atoms with Gasteiger partial charge in [-0.3, -0.25) is 4.79 Å². The number of benzene rings is 1. The van der Waals surface area contributed by atoms with Gasteiger partial charge in [-0.1, -0.05) is 6.07 Å². The van der Waals surface area contributed by atoms with E-state index in [1.54, 1.807) is 12.1 Å². The summed E-state index contributed by atoms with van der Waals surface area (Å²) < 4.78 is 25.7. The zero-order valence-corrected chi connectivity index (χ0v) is 13.4. The Bertz CT molecular complexity index is 586. The van der Waals surface area contributed by atoms with Crippen LogP contribution in [0.5, 0.6) is 0 Å². The number of nitrogens with one attached hydrogen (secondary N) is 3. The molecule has 2 rings (SSSR count). The lowest BCUT2D eigenvalue weighted by Crippen LogP contribution is -2.37. The molecule has 1 amide bonds. The van der Waals surface area contributed by atoms with Crippen molar-refractivity contribution in [1.29, 1.82) is 0 Å². The molecule has 1 unspecified atom stereocenters. The van der Waals surface area contributed by atoms with Crippen molar-refractivity contribution < 1.29 is 13.2 Å². The summed E-state index contributed by atoms with van der Waals surface area (Å²) in [5.41, 5.74) is 0.497. The van der Waals surface area contributed by atoms with Crippen molar-refractivity contribution in [2.45, 2.75) is 17.7 Å². The highest BCUT2D eigenvalue weighted by Gasteiger charge is 2.21. The van der Waals surface area contributed by atoms with Gasteiger partial charge in [-0.25, -0.2) is 13.1 Å². The maximum Gasteiger partial charge on any atom is 0.240 e. The van der Waals surface area contributed by atoms with Gasteiger partial charge < -0.3 is 10.6 Å². The summed E-state index contributed by atoms with van der Waals surface area (Å²) in [6.45, 7) is 1.61. The quantitative estimate of drug-likeness (QED) is 0.765. The summed E-state index contributed by atoms with van der Waals surface area (Å²) >= 11 is 0. The second-order valence-electron chi connectivity index (χ2n) is 4.77. The van der Waals surface area contributed by atoms with E-state index in [9.17, 15) is 13.2 Å². The number of anilines is 1. The van der Waals surface area contributed by atoms with Crippen LogP contribution in [0.15, 0.2) is 29.2 Å². The van der Waals surface area contributed by atoms with Gasteiger partial charge in [0, 0.05) is 12.2 Å². The first kappa shape index (κ1) is 17.9. The number of rotatable bonds is 4. The molecule has 0 radical (unpaired) electrons. The molecule has 1 aliphatic heterocycles. The topological polar surface area (TPSA) is 87.3 Å². The molecule has 1 fully saturated rings. The van der Waals surface area contributed by atoms with E-state index in [2.05, 4.69) is 15.4 Å². The van der Waals surface area contributed by atoms with E-state index in [4.69, 9.17) is 0 Å². The van der Waals surface area contributed by atoms with Crippen LogP contribution in [0.3, 0.4) is 0 Å². The Morgan fingerprint density at radius 2 is 2.14 bits per heavy atom. The van der Waals surface area contributed by atoms with E-state index in [1.165, 1.54) is 19.2 Å². The third-order valence-corrected chi connectivity index (χ3v) is 4.76. The fraction of sp³-hybridized carbons (Fsp3) is 0.462. The molecule has 6 nitrogen and oxygen atoms in total. The normalized spacial score (nSPS) is 18.6. The molecular weight excluding hydrogens is 314 g/mol. The van der Waals surface area contributed by atoms with Gasteiger partial charge in [0.1, 0.15) is 0 Å². The Labute approximate surface area is 131 Å². The molecule has 1 aromatic carbocycles. The fourth-order valence-electron chi connectivity index (χ4n) is 2.18. The van der Waals surface area contributed by atoms with Crippen molar-refractivity contribution in [3.8, 4) is 0 Å². The van der Waals surface area contributed by atoms with E-state index < -0.39 is 10.0 Å². The average molecular weight is 334 g/mol. The monoisotopic (exact) mass is 333 g/mol. The molecule has 0 bridgehead atoms. The van der Waals surface area contributed by atoms with Crippen molar-refractivity contribution >= 4 is 34.0 Å². The molecule has 0 aliphatic carbocycles. The number of hydrogen-bond acceptors (Lipinski definition) is 4. The SMILES string of the molecule is CNS(=O)(=O)c1cccc(NC(=O)C2CCCNC2)c1.Cl. The van der Waals surface area contributed by atoms with Crippen LogP contribution < -0.4 is 15.4 Å². The van der Waals surface area contributed by atoms with E-state index >= 15 is 0 Å². The number of piperidine rings is 1. The number of halogens is 1. The maximum atomic E-state index is 12.1. The van der Waals surface area contributed by atoms with E-state index in [-0.39, 0.29) is 29.1 Å². The molecule has 0 saturated carbocycles. The molecule has 118 valence electrons. The number of hydrogen-bond donors (Lipinski definition) is 3. The molecular formula is C13H20ClN3O3S. The van der Waals surface area contributed by atoms with Gasteiger partial charge in [-0.2, -0.15) is 0 Å². The van der Waals surface area contributed by atoms with Crippen molar-refractivity contribution in [1.82, 2.24) is 10.0 Å². The third-order valence-electron chi connectivity index (χ3n) is 3.35. The number of carbonyl (C=O) groups is 1. The summed E-state index contributed by atoms with van der Waals surface area (Å²) in [7, 11) is -2.14. The minimum atomic E-state index is -3.49. The summed E-state index contributed by atoms with van der Waals surface area (Å²) in [4.78, 5) is 12.2. The Kier molecular flexibility index (Phi) is 6.60. The van der Waals surface area contributed by atoms with Crippen molar-refractivity contribution in [2.24, 2.45) is 5.92 Å². The Hall–Kier alpha value is -1.15. The van der Waals surface area contributed by atoms with E-state index in [0.29, 0.717) is 12.2 Å². The largest absolute Gasteiger partial charge is 0.326 e. The lowest BCUT2D eigenvalue weighted by Gasteiger charge is -2.22. The zero-order valence-electron chi connectivity index (χ0n) is 11.8. The Morgan fingerprint density at radius 1 is 1.38 bits per heavy atom. The van der Waals surface area contributed by atoms with Gasteiger partial charge in [-0.05, 0) is 44.6 Å². The molecule has 0 spiro atoms. The first-order chi connectivity index (χ1) is 9.53. The first-order valence-electron chi connectivity index (χ1n) is 6.58. The summed E-state index contributed by atoms with van der Waals surface area (Å²) in [6, 6.07) is 6.24. The summed E-state index contributed by atoms with van der Waals surface area (Å²) in [6.07, 6.45) is 1.83. The van der Waals surface area contributed by atoms with Crippen LogP contribution in [-0.2, 0) is 14.8 Å². The van der Waals surface area contributed by atoms with Crippen LogP contribution in [0, 0.1) is 5.92 Å². The molecule has 1 aliphatic rings. The third kappa shape index (κ3) is 4.67. The summed E-state index contributed by atoms with van der Waals surface area (Å²) in [5.74, 6) is -0.135. The van der Waals surface area contributed by atoms with Gasteiger partial charge in [0.2, 0.25) is 15.9 Å². The number of sulfonamides is 1. The molecule has 1 saturated heterocycles. The van der Waals surface area contributed by atoms with Gasteiger partial charge in [0.15, 0.2) is 0 Å². The van der Waals surface area contributed by atoms with Crippen LogP contribution in [0.25, 0.3) is 0 Å². The van der Waals surface area contributed by atoms with E-state index in [0.717, 1.165) is 19.4 Å². The van der Waals surface area contributed by atoms with Crippen molar-refractivity contribution in [2.75, 3.05) is 25.5 Å². The second-order valence-corrected chi connectivity index (χ2v) is 6.65. The lowest BCUT2D eigenvalue weighted by atomic mass is 9.99. The molecule has 1 atom stereocenters. The standard InChI is InChI=1S/C13H19N3O3S.ClH/c1-14-20(18,19)12-6-2-5-11(8-12)16-13(17)10-4-3-7-15-9-10;/h2,5-6,8,10,14-15H,3-4,7,9H2,1H3,(H,16,17);1H. The Morgan fingerprint density at radius 3 is 2.76 bits per heavy atom. The first-order valence-corrected chi connectivity index (χ1v) is 8.06. The van der Waals surface area contributed by atoms with Gasteiger partial charge in [0.25, 0.3) is 0 Å². The zero-order chi connectivity index (χ0) is 14.6. The molecule has 1 heterocycles. The van der Waals surface area contributed by atoms with Crippen molar-refractivity contribution in [3.05, 3.63) is 24.3 Å². The van der Waals surface area contributed by atoms with E-state index in [1.807, 2.05) is 0 Å². The number of carbonyl (C=O) groups excluding carboxylic acids is 1. The molecule has 8 heteroatoms. The van der Waals surface area contributed by atoms with Gasteiger partial charge in [0.05, 0.1) is 10.8 Å². The summed E-state index contributed by atoms with van der Waals surface area (Å²) in [5, 5.41) is 5.96. The minimum Gasteiger partial charge on any atom is -0.326 e. The smallest absolute Gasteiger partial charge is 0.240 e. The maximum absolute atomic E-state index is 12.1. The average Bonchev–Trinajstić information content (AvgIpc) is 2.48. The predicted molar refractivity (Wildman–Crippen MR) is 84.2 cm³/mol. The van der Waals surface area contributed by atoms with Crippen LogP contribution in [0.4, 0.5) is 5.69 Å². The van der Waals surface area contributed by atoms with Crippen LogP contribution in [0.1, 0.15) is 12.8 Å². The Balaban J connectivity index is 0.00000220. The molecule has 1 aromatic rings. The van der Waals surface area contributed by atoms with Gasteiger partial charge >= 0.3 is 0 Å². The lowest BCUT2D eigenvalue weighted by molar-refractivity contribution is -0.120. The van der Waals surface area contributed by atoms with Crippen LogP contribution in [-0.4, -0.2) is 34.5 Å². The number of amides is 1. The highest BCUT2D eigenvalue weighted by Crippen LogP contribution is 2.17. The van der Waals surface area contributed by atoms with Gasteiger partial charge in [-0.15, -0.1) is 12.4 Å².